The minimum absolute atomic E-state index is 1.73. The Kier molecular flexibility index (Phi) is 18.3. The molecule has 0 amide bonds. The second kappa shape index (κ2) is 14.4. The lowest BCUT2D eigenvalue weighted by atomic mass is 10.3. The van der Waals surface area contributed by atoms with Gasteiger partial charge in [0.15, 0.2) is 0 Å². The van der Waals surface area contributed by atoms with Gasteiger partial charge >= 0.3 is 29.0 Å². The van der Waals surface area contributed by atoms with Crippen LogP contribution in [0, 0.1) is 0 Å². The van der Waals surface area contributed by atoms with Crippen LogP contribution in [0.1, 0.15) is 0 Å². The van der Waals surface area contributed by atoms with E-state index in [0.717, 1.165) is 0 Å². The van der Waals surface area contributed by atoms with Crippen molar-refractivity contribution in [3.63, 3.8) is 0 Å². The van der Waals surface area contributed by atoms with E-state index < -0.39 is 29.0 Å². The Morgan fingerprint density at radius 3 is 0.720 bits per heavy atom. The molecule has 0 fully saturated rings. The fraction of sp³-hybridized carbons (Fsp3) is 0. The van der Waals surface area contributed by atoms with Crippen LogP contribution in [0.5, 0.6) is 0 Å². The average molecular weight is 450 g/mol. The number of halogens is 16. The van der Waals surface area contributed by atoms with Gasteiger partial charge in [0.25, 0.3) is 0 Å². The van der Waals surface area contributed by atoms with E-state index in [-0.39, 0.29) is 0 Å². The molecule has 0 saturated carbocycles. The third-order valence-electron chi connectivity index (χ3n) is 0.324. The molecular weight excluding hydrogens is 447 g/mol. The minimum atomic E-state index is -6.00. The van der Waals surface area contributed by atoms with Gasteiger partial charge in [0.1, 0.15) is 10.8 Å². The molecule has 0 radical (unpaired) electrons. The molecule has 1 heterocycles. The van der Waals surface area contributed by atoms with Gasteiger partial charge in [-0.2, -0.15) is 0 Å². The van der Waals surface area contributed by atoms with Crippen molar-refractivity contribution in [3.05, 3.63) is 15.5 Å². The highest BCUT2D eigenvalue weighted by Gasteiger charge is 2.21. The Balaban J connectivity index is -0.000000110. The number of hydrogen-bond donors (Lipinski definition) is 0. The van der Waals surface area contributed by atoms with Crippen LogP contribution in [-0.2, 0) is 0 Å². The molecule has 1 aromatic rings. The predicted molar refractivity (Wildman–Crippen MR) is 67.3 cm³/mol. The molecule has 0 unspecified atom stereocenters. The van der Waals surface area contributed by atoms with Crippen LogP contribution in [-0.4, -0.2) is 29.0 Å². The molecule has 0 aliphatic rings. The van der Waals surface area contributed by atoms with Crippen LogP contribution in [0.15, 0.2) is 15.5 Å². The molecule has 0 nitrogen and oxygen atoms in total. The molecular formula is C3H3B4F16S2-3. The summed E-state index contributed by atoms with van der Waals surface area (Å²) in [5.74, 6) is 0. The smallest absolute Gasteiger partial charge is 0.418 e. The van der Waals surface area contributed by atoms with E-state index in [0.29, 0.717) is 0 Å². The van der Waals surface area contributed by atoms with E-state index in [1.165, 1.54) is 0 Å². The minimum Gasteiger partial charge on any atom is -0.418 e. The Bertz CT molecular complexity index is 273. The van der Waals surface area contributed by atoms with Crippen LogP contribution in [0.25, 0.3) is 0 Å². The van der Waals surface area contributed by atoms with Crippen LogP contribution in [0.3, 0.4) is 0 Å². The van der Waals surface area contributed by atoms with Crippen molar-refractivity contribution in [3.8, 4) is 0 Å². The van der Waals surface area contributed by atoms with Gasteiger partial charge in [0.05, 0.1) is 22.7 Å². The van der Waals surface area contributed by atoms with Gasteiger partial charge in [-0.15, -0.1) is 0 Å². The lowest BCUT2D eigenvalue weighted by Gasteiger charge is -1.94. The molecule has 154 valence electrons. The molecule has 0 spiro atoms. The maximum atomic E-state index is 9.75. The van der Waals surface area contributed by atoms with Crippen molar-refractivity contribution < 1.29 is 69.1 Å². The van der Waals surface area contributed by atoms with Gasteiger partial charge in [-0.05, 0) is 0 Å². The largest absolute Gasteiger partial charge is 0.673 e. The zero-order chi connectivity index (χ0) is 21.5. The third kappa shape index (κ3) is 593. The molecule has 25 heavy (non-hydrogen) atoms. The predicted octanol–water partition coefficient (Wildman–Crippen LogP) is 7.29. The van der Waals surface area contributed by atoms with Gasteiger partial charge in [0.2, 0.25) is 4.69 Å². The fourth-order valence-corrected chi connectivity index (χ4v) is 1.44. The topological polar surface area (TPSA) is 0 Å². The number of rotatable bonds is 0. The highest BCUT2D eigenvalue weighted by Crippen LogP contribution is 2.08. The maximum Gasteiger partial charge on any atom is 0.673 e. The quantitative estimate of drug-likeness (QED) is 0.221. The summed E-state index contributed by atoms with van der Waals surface area (Å²) < 4.78 is 158. The normalized spacial score (nSPS) is 11.2. The standard InChI is InChI=1S/C3H3S2.4BF4/c1-2-5-3-4-1;4*2-1(3,4)5/h1-3H;;;;/q+1;4*-1. The molecule has 1 rings (SSSR count). The van der Waals surface area contributed by atoms with E-state index in [1.54, 1.807) is 22.7 Å². The molecule has 0 atom stereocenters. The van der Waals surface area contributed by atoms with Gasteiger partial charge in [0, 0.05) is 0 Å². The zero-order valence-corrected chi connectivity index (χ0v) is 12.5. The first-order chi connectivity index (χ1) is 10.5. The van der Waals surface area contributed by atoms with Gasteiger partial charge in [-0.3, -0.25) is 0 Å². The van der Waals surface area contributed by atoms with E-state index in [2.05, 4.69) is 15.5 Å². The lowest BCUT2D eigenvalue weighted by Crippen LogP contribution is -2.02. The Labute approximate surface area is 137 Å². The lowest BCUT2D eigenvalue weighted by molar-refractivity contribution is 0.366. The summed E-state index contributed by atoms with van der Waals surface area (Å²) in [5, 5.41) is 4.12. The molecule has 0 saturated heterocycles. The fourth-order valence-electron chi connectivity index (χ4n) is 0.160. The summed E-state index contributed by atoms with van der Waals surface area (Å²) in [6, 6.07) is 0. The first-order valence-electron chi connectivity index (χ1n) is 4.77. The van der Waals surface area contributed by atoms with E-state index in [4.69, 9.17) is 0 Å². The monoisotopic (exact) mass is 451 g/mol. The molecule has 0 aliphatic carbocycles. The zero-order valence-electron chi connectivity index (χ0n) is 10.9. The molecule has 0 aromatic carbocycles. The summed E-state index contributed by atoms with van der Waals surface area (Å²) in [6.45, 7) is 0. The van der Waals surface area contributed by atoms with E-state index in [9.17, 15) is 69.1 Å². The summed E-state index contributed by atoms with van der Waals surface area (Å²) in [7, 11) is -24.0. The van der Waals surface area contributed by atoms with Crippen molar-refractivity contribution in [2.75, 3.05) is 0 Å². The van der Waals surface area contributed by atoms with Crippen molar-refractivity contribution >= 4 is 51.7 Å². The Morgan fingerprint density at radius 1 is 0.480 bits per heavy atom. The number of hydrogen-bond acceptors (Lipinski definition) is 1. The first-order valence-corrected chi connectivity index (χ1v) is 6.65. The second-order valence-corrected chi connectivity index (χ2v) is 4.48. The van der Waals surface area contributed by atoms with E-state index >= 15 is 0 Å². The van der Waals surface area contributed by atoms with Crippen molar-refractivity contribution in [2.24, 2.45) is 0 Å². The summed E-state index contributed by atoms with van der Waals surface area (Å²) >= 11 is 3.46. The SMILES string of the molecule is F[B-](F)(F)F.F[B-](F)(F)F.F[B-](F)(F)F.F[B-](F)(F)F.c1c[s+]cs1. The third-order valence-corrected chi connectivity index (χ3v) is 1.97. The average Bonchev–Trinajstić information content (AvgIpc) is 2.59. The Morgan fingerprint density at radius 2 is 0.680 bits per heavy atom. The van der Waals surface area contributed by atoms with E-state index in [1.807, 2.05) is 0 Å². The molecule has 0 bridgehead atoms. The van der Waals surface area contributed by atoms with Gasteiger partial charge in [-0.25, -0.2) is 0 Å². The molecule has 0 aliphatic heterocycles. The molecule has 22 heteroatoms. The van der Waals surface area contributed by atoms with Crippen LogP contribution < -0.4 is 0 Å². The van der Waals surface area contributed by atoms with Crippen LogP contribution in [0.4, 0.5) is 69.1 Å². The van der Waals surface area contributed by atoms with Crippen molar-refractivity contribution in [2.45, 2.75) is 0 Å². The van der Waals surface area contributed by atoms with Crippen molar-refractivity contribution in [1.29, 1.82) is 0 Å². The maximum absolute atomic E-state index is 9.75. The Hall–Kier alpha value is -0.810. The summed E-state index contributed by atoms with van der Waals surface area (Å²) in [4.78, 5) is 0. The molecule has 1 aromatic heterocycles. The van der Waals surface area contributed by atoms with Crippen LogP contribution >= 0.6 is 22.7 Å². The summed E-state index contributed by atoms with van der Waals surface area (Å²) in [6.07, 6.45) is 0. The first kappa shape index (κ1) is 31.9. The highest BCUT2D eigenvalue weighted by molar-refractivity contribution is 7.25. The van der Waals surface area contributed by atoms with Gasteiger partial charge < -0.3 is 69.1 Å². The highest BCUT2D eigenvalue weighted by atomic mass is 32.2. The van der Waals surface area contributed by atoms with Crippen molar-refractivity contribution in [1.82, 2.24) is 0 Å². The molecule has 0 N–H and O–H groups in total. The second-order valence-electron chi connectivity index (χ2n) is 2.62. The summed E-state index contributed by atoms with van der Waals surface area (Å²) in [5.41, 5.74) is 0. The van der Waals surface area contributed by atoms with Gasteiger partial charge in [-0.1, -0.05) is 0 Å². The van der Waals surface area contributed by atoms with Crippen LogP contribution in [0.2, 0.25) is 0 Å².